The molecule has 1 aromatic rings. The summed E-state index contributed by atoms with van der Waals surface area (Å²) in [5, 5.41) is 2.64. The summed E-state index contributed by atoms with van der Waals surface area (Å²) < 4.78 is 23.1. The second-order valence-corrected chi connectivity index (χ2v) is 6.12. The van der Waals surface area contributed by atoms with Crippen LogP contribution in [0, 0.1) is 0 Å². The van der Waals surface area contributed by atoms with E-state index in [4.69, 9.17) is 0 Å². The zero-order valence-corrected chi connectivity index (χ0v) is 11.4. The van der Waals surface area contributed by atoms with Gasteiger partial charge in [0.05, 0.1) is 4.90 Å². The first-order valence-corrected chi connectivity index (χ1v) is 7.32. The second-order valence-electron chi connectivity index (χ2n) is 3.28. The quantitative estimate of drug-likeness (QED) is 0.922. The predicted octanol–water partition coefficient (Wildman–Crippen LogP) is 1.60. The molecule has 0 spiro atoms. The molecule has 88 valence electrons. The van der Waals surface area contributed by atoms with Crippen LogP contribution >= 0.6 is 15.9 Å². The van der Waals surface area contributed by atoms with Gasteiger partial charge in [-0.3, -0.25) is 4.79 Å². The molecule has 0 aliphatic rings. The molecule has 0 saturated heterocycles. The fourth-order valence-electron chi connectivity index (χ4n) is 1.21. The van der Waals surface area contributed by atoms with Gasteiger partial charge in [-0.05, 0) is 41.1 Å². The molecule has 1 N–H and O–H groups in total. The molecular formula is C10H12BrNO3S. The topological polar surface area (TPSA) is 63.2 Å². The molecule has 0 aliphatic carbocycles. The Morgan fingerprint density at radius 2 is 2.06 bits per heavy atom. The number of sulfone groups is 1. The first-order valence-electron chi connectivity index (χ1n) is 4.64. The van der Waals surface area contributed by atoms with Gasteiger partial charge in [-0.2, -0.15) is 0 Å². The highest BCUT2D eigenvalue weighted by Gasteiger charge is 2.14. The average molecular weight is 306 g/mol. The minimum Gasteiger partial charge on any atom is -0.352 e. The van der Waals surface area contributed by atoms with Crippen LogP contribution in [0.3, 0.4) is 0 Å². The van der Waals surface area contributed by atoms with E-state index in [0.717, 1.165) is 6.26 Å². The van der Waals surface area contributed by atoms with Crippen LogP contribution in [-0.4, -0.2) is 27.1 Å². The molecule has 6 heteroatoms. The number of rotatable bonds is 3. The maximum Gasteiger partial charge on any atom is 0.251 e. The van der Waals surface area contributed by atoms with E-state index in [-0.39, 0.29) is 10.8 Å². The van der Waals surface area contributed by atoms with Gasteiger partial charge in [0, 0.05) is 22.8 Å². The molecule has 0 aliphatic heterocycles. The van der Waals surface area contributed by atoms with Gasteiger partial charge < -0.3 is 5.32 Å². The Kier molecular flexibility index (Phi) is 4.09. The van der Waals surface area contributed by atoms with Crippen LogP contribution in [0.1, 0.15) is 17.3 Å². The minimum atomic E-state index is -3.27. The molecule has 1 rings (SSSR count). The van der Waals surface area contributed by atoms with E-state index >= 15 is 0 Å². The van der Waals surface area contributed by atoms with Crippen molar-refractivity contribution in [3.8, 4) is 0 Å². The Labute approximate surface area is 103 Å². The summed E-state index contributed by atoms with van der Waals surface area (Å²) in [6.45, 7) is 2.35. The summed E-state index contributed by atoms with van der Waals surface area (Å²) in [7, 11) is -3.27. The van der Waals surface area contributed by atoms with Gasteiger partial charge in [0.2, 0.25) is 0 Å². The van der Waals surface area contributed by atoms with E-state index in [1.54, 1.807) is 0 Å². The molecule has 0 radical (unpaired) electrons. The normalized spacial score (nSPS) is 11.2. The molecule has 0 bridgehead atoms. The number of hydrogen-bond acceptors (Lipinski definition) is 3. The smallest absolute Gasteiger partial charge is 0.251 e. The molecule has 0 aromatic heterocycles. The van der Waals surface area contributed by atoms with Gasteiger partial charge in [-0.25, -0.2) is 8.42 Å². The second kappa shape index (κ2) is 4.97. The lowest BCUT2D eigenvalue weighted by molar-refractivity contribution is 0.0955. The van der Waals surface area contributed by atoms with Crippen molar-refractivity contribution in [1.29, 1.82) is 0 Å². The lowest BCUT2D eigenvalue weighted by atomic mass is 10.2. The van der Waals surface area contributed by atoms with Crippen LogP contribution in [0.2, 0.25) is 0 Å². The third-order valence-electron chi connectivity index (χ3n) is 1.93. The number of amides is 1. The molecule has 0 atom stereocenters. The Morgan fingerprint density at radius 1 is 1.44 bits per heavy atom. The lowest BCUT2D eigenvalue weighted by Gasteiger charge is -2.05. The van der Waals surface area contributed by atoms with Crippen LogP contribution in [-0.2, 0) is 9.84 Å². The van der Waals surface area contributed by atoms with Gasteiger partial charge in [-0.1, -0.05) is 0 Å². The number of hydrogen-bond donors (Lipinski definition) is 1. The molecule has 0 fully saturated rings. The highest BCUT2D eigenvalue weighted by Crippen LogP contribution is 2.23. The summed E-state index contributed by atoms with van der Waals surface area (Å²) in [6.07, 6.45) is 1.12. The standard InChI is InChI=1S/C10H12BrNO3S/c1-3-12-10(13)7-4-5-9(8(11)6-7)16(2,14)15/h4-6H,3H2,1-2H3,(H,12,13). The molecule has 16 heavy (non-hydrogen) atoms. The largest absolute Gasteiger partial charge is 0.352 e. The number of benzene rings is 1. The van der Waals surface area contributed by atoms with E-state index in [1.807, 2.05) is 6.92 Å². The van der Waals surface area contributed by atoms with Crippen LogP contribution in [0.15, 0.2) is 27.6 Å². The lowest BCUT2D eigenvalue weighted by Crippen LogP contribution is -2.22. The van der Waals surface area contributed by atoms with E-state index in [1.165, 1.54) is 18.2 Å². The van der Waals surface area contributed by atoms with Gasteiger partial charge in [-0.15, -0.1) is 0 Å². The van der Waals surface area contributed by atoms with Crippen molar-refractivity contribution in [2.24, 2.45) is 0 Å². The Hall–Kier alpha value is -0.880. The fraction of sp³-hybridized carbons (Fsp3) is 0.300. The Morgan fingerprint density at radius 3 is 2.50 bits per heavy atom. The summed E-state index contributed by atoms with van der Waals surface area (Å²) >= 11 is 3.14. The first kappa shape index (κ1) is 13.2. The van der Waals surface area contributed by atoms with Gasteiger partial charge >= 0.3 is 0 Å². The van der Waals surface area contributed by atoms with Crippen molar-refractivity contribution >= 4 is 31.7 Å². The van der Waals surface area contributed by atoms with Crippen molar-refractivity contribution in [3.63, 3.8) is 0 Å². The van der Waals surface area contributed by atoms with E-state index < -0.39 is 9.84 Å². The average Bonchev–Trinajstić information content (AvgIpc) is 2.16. The van der Waals surface area contributed by atoms with Gasteiger partial charge in [0.1, 0.15) is 0 Å². The number of carbonyl (C=O) groups is 1. The van der Waals surface area contributed by atoms with Gasteiger partial charge in [0.25, 0.3) is 5.91 Å². The fourth-order valence-corrected chi connectivity index (χ4v) is 3.19. The monoisotopic (exact) mass is 305 g/mol. The Balaban J connectivity index is 3.14. The van der Waals surface area contributed by atoms with Crippen LogP contribution < -0.4 is 5.32 Å². The zero-order valence-electron chi connectivity index (χ0n) is 8.95. The van der Waals surface area contributed by atoms with Crippen molar-refractivity contribution in [3.05, 3.63) is 28.2 Å². The predicted molar refractivity (Wildman–Crippen MR) is 65.3 cm³/mol. The molecule has 4 nitrogen and oxygen atoms in total. The number of halogens is 1. The van der Waals surface area contributed by atoms with Crippen LogP contribution in [0.5, 0.6) is 0 Å². The summed E-state index contributed by atoms with van der Waals surface area (Å²) in [4.78, 5) is 11.7. The van der Waals surface area contributed by atoms with Gasteiger partial charge in [0.15, 0.2) is 9.84 Å². The van der Waals surface area contributed by atoms with E-state index in [2.05, 4.69) is 21.2 Å². The van der Waals surface area contributed by atoms with Crippen molar-refractivity contribution in [1.82, 2.24) is 5.32 Å². The highest BCUT2D eigenvalue weighted by molar-refractivity contribution is 9.10. The van der Waals surface area contributed by atoms with Crippen molar-refractivity contribution < 1.29 is 13.2 Å². The summed E-state index contributed by atoms with van der Waals surface area (Å²) in [6, 6.07) is 4.41. The van der Waals surface area contributed by atoms with Crippen LogP contribution in [0.25, 0.3) is 0 Å². The Bertz CT molecular complexity index is 511. The van der Waals surface area contributed by atoms with Crippen molar-refractivity contribution in [2.75, 3.05) is 12.8 Å². The summed E-state index contributed by atoms with van der Waals surface area (Å²) in [5.41, 5.74) is 0.432. The molecular weight excluding hydrogens is 294 g/mol. The molecule has 0 heterocycles. The molecule has 1 aromatic carbocycles. The number of carbonyl (C=O) groups excluding carboxylic acids is 1. The molecule has 0 unspecified atom stereocenters. The van der Waals surface area contributed by atoms with Crippen molar-refractivity contribution in [2.45, 2.75) is 11.8 Å². The molecule has 1 amide bonds. The first-order chi connectivity index (χ1) is 7.36. The third kappa shape index (κ3) is 3.05. The maximum atomic E-state index is 11.5. The summed E-state index contributed by atoms with van der Waals surface area (Å²) in [5.74, 6) is -0.219. The maximum absolute atomic E-state index is 11.5. The van der Waals surface area contributed by atoms with Crippen LogP contribution in [0.4, 0.5) is 0 Å². The SMILES string of the molecule is CCNC(=O)c1ccc(S(C)(=O)=O)c(Br)c1. The minimum absolute atomic E-state index is 0.181. The zero-order chi connectivity index (χ0) is 12.3. The number of nitrogens with one attached hydrogen (secondary N) is 1. The van der Waals surface area contributed by atoms with E-state index in [0.29, 0.717) is 16.6 Å². The third-order valence-corrected chi connectivity index (χ3v) is 4.00. The highest BCUT2D eigenvalue weighted by atomic mass is 79.9. The molecule has 0 saturated carbocycles. The van der Waals surface area contributed by atoms with E-state index in [9.17, 15) is 13.2 Å².